The fourth-order valence-electron chi connectivity index (χ4n) is 5.63. The number of rotatable bonds is 5. The lowest BCUT2D eigenvalue weighted by atomic mass is 9.89. The lowest BCUT2D eigenvalue weighted by Crippen LogP contribution is -2.42. The summed E-state index contributed by atoms with van der Waals surface area (Å²) in [5, 5.41) is 0. The van der Waals surface area contributed by atoms with E-state index < -0.39 is 10.0 Å². The number of hydrogen-bond donors (Lipinski definition) is 0. The molecule has 3 aliphatic rings. The molecule has 6 nitrogen and oxygen atoms in total. The highest BCUT2D eigenvalue weighted by atomic mass is 32.2. The van der Waals surface area contributed by atoms with E-state index in [0.29, 0.717) is 18.7 Å². The van der Waals surface area contributed by atoms with Crippen LogP contribution in [-0.2, 0) is 10.0 Å². The fourth-order valence-corrected chi connectivity index (χ4v) is 7.37. The Balaban J connectivity index is 1.41. The second-order valence-corrected chi connectivity index (χ2v) is 11.8. The molecular formula is C25H39N3O3S. The van der Waals surface area contributed by atoms with Crippen molar-refractivity contribution in [3.63, 3.8) is 0 Å². The van der Waals surface area contributed by atoms with E-state index in [-0.39, 0.29) is 16.8 Å². The van der Waals surface area contributed by atoms with Crippen molar-refractivity contribution >= 4 is 15.9 Å². The highest BCUT2D eigenvalue weighted by molar-refractivity contribution is 7.89. The third-order valence-corrected chi connectivity index (χ3v) is 9.56. The Kier molecular flexibility index (Phi) is 7.90. The molecule has 0 N–H and O–H groups in total. The van der Waals surface area contributed by atoms with Crippen LogP contribution in [0.1, 0.15) is 75.1 Å². The molecule has 1 aliphatic carbocycles. The van der Waals surface area contributed by atoms with Crippen molar-refractivity contribution in [3.8, 4) is 0 Å². The molecule has 0 aromatic heterocycles. The van der Waals surface area contributed by atoms with Gasteiger partial charge in [0.2, 0.25) is 10.0 Å². The van der Waals surface area contributed by atoms with Gasteiger partial charge in [-0.2, -0.15) is 4.31 Å². The lowest BCUT2D eigenvalue weighted by Gasteiger charge is -2.32. The smallest absolute Gasteiger partial charge is 0.253 e. The Labute approximate surface area is 194 Å². The number of carbonyl (C=O) groups excluding carboxylic acids is 1. The highest BCUT2D eigenvalue weighted by Gasteiger charge is 2.31. The van der Waals surface area contributed by atoms with Crippen LogP contribution in [0.2, 0.25) is 0 Å². The average molecular weight is 462 g/mol. The first-order valence-corrected chi connectivity index (χ1v) is 14.0. The summed E-state index contributed by atoms with van der Waals surface area (Å²) in [6.45, 7) is 7.09. The van der Waals surface area contributed by atoms with Crippen LogP contribution < -0.4 is 0 Å². The van der Waals surface area contributed by atoms with Crippen molar-refractivity contribution in [1.29, 1.82) is 0 Å². The molecular weight excluding hydrogens is 422 g/mol. The van der Waals surface area contributed by atoms with E-state index in [2.05, 4.69) is 4.90 Å². The largest absolute Gasteiger partial charge is 0.337 e. The SMILES string of the molecule is CC1CCCCN1S(=O)(=O)c1cccc(C(=O)N2CCCN(CC3CCCCC3)CC2)c1. The van der Waals surface area contributed by atoms with Crippen LogP contribution in [0.3, 0.4) is 0 Å². The summed E-state index contributed by atoms with van der Waals surface area (Å²) in [5.41, 5.74) is 0.483. The molecule has 1 amide bonds. The third-order valence-electron chi connectivity index (χ3n) is 7.55. The molecule has 2 aliphatic heterocycles. The first kappa shape index (κ1) is 23.7. The summed E-state index contributed by atoms with van der Waals surface area (Å²) in [6.07, 6.45) is 10.6. The van der Waals surface area contributed by atoms with Crippen molar-refractivity contribution in [2.45, 2.75) is 75.6 Å². The number of carbonyl (C=O) groups is 1. The molecule has 0 spiro atoms. The van der Waals surface area contributed by atoms with E-state index in [1.54, 1.807) is 28.6 Å². The number of piperidine rings is 1. The molecule has 1 unspecified atom stereocenters. The van der Waals surface area contributed by atoms with Gasteiger partial charge in [-0.3, -0.25) is 4.79 Å². The number of nitrogens with zero attached hydrogens (tertiary/aromatic N) is 3. The van der Waals surface area contributed by atoms with Crippen molar-refractivity contribution in [2.75, 3.05) is 39.3 Å². The van der Waals surface area contributed by atoms with Gasteiger partial charge < -0.3 is 9.80 Å². The number of benzene rings is 1. The Bertz CT molecular complexity index is 882. The molecule has 2 heterocycles. The van der Waals surface area contributed by atoms with Gasteiger partial charge in [-0.15, -0.1) is 0 Å². The summed E-state index contributed by atoms with van der Waals surface area (Å²) >= 11 is 0. The fraction of sp³-hybridized carbons (Fsp3) is 0.720. The maximum atomic E-state index is 13.3. The highest BCUT2D eigenvalue weighted by Crippen LogP contribution is 2.27. The maximum Gasteiger partial charge on any atom is 0.253 e. The van der Waals surface area contributed by atoms with Crippen LogP contribution in [0.25, 0.3) is 0 Å². The first-order valence-electron chi connectivity index (χ1n) is 12.6. The summed E-state index contributed by atoms with van der Waals surface area (Å²) < 4.78 is 28.1. The first-order chi connectivity index (χ1) is 15.4. The van der Waals surface area contributed by atoms with Crippen LogP contribution in [-0.4, -0.2) is 73.7 Å². The molecule has 1 atom stereocenters. The van der Waals surface area contributed by atoms with Crippen LogP contribution in [0.15, 0.2) is 29.2 Å². The zero-order chi connectivity index (χ0) is 22.6. The van der Waals surface area contributed by atoms with E-state index in [4.69, 9.17) is 0 Å². The zero-order valence-electron chi connectivity index (χ0n) is 19.5. The topological polar surface area (TPSA) is 60.9 Å². The Hall–Kier alpha value is -1.44. The van der Waals surface area contributed by atoms with E-state index in [9.17, 15) is 13.2 Å². The molecule has 32 heavy (non-hydrogen) atoms. The summed E-state index contributed by atoms with van der Waals surface area (Å²) in [4.78, 5) is 18.0. The summed E-state index contributed by atoms with van der Waals surface area (Å²) in [5.74, 6) is 0.762. The summed E-state index contributed by atoms with van der Waals surface area (Å²) in [6, 6.07) is 6.69. The van der Waals surface area contributed by atoms with Gasteiger partial charge in [0.25, 0.3) is 5.91 Å². The van der Waals surface area contributed by atoms with Gasteiger partial charge in [-0.1, -0.05) is 31.7 Å². The van der Waals surface area contributed by atoms with E-state index in [1.807, 2.05) is 11.8 Å². The molecule has 1 saturated carbocycles. The Morgan fingerprint density at radius 2 is 1.69 bits per heavy atom. The van der Waals surface area contributed by atoms with Crippen molar-refractivity contribution in [3.05, 3.63) is 29.8 Å². The molecule has 4 rings (SSSR count). The quantitative estimate of drug-likeness (QED) is 0.666. The van der Waals surface area contributed by atoms with Crippen LogP contribution >= 0.6 is 0 Å². The standard InChI is InChI=1S/C25H39N3O3S/c1-21-9-5-6-16-28(21)32(30,31)24-13-7-12-23(19-24)25(29)27-15-8-14-26(17-18-27)20-22-10-3-2-4-11-22/h7,12-13,19,21-22H,2-6,8-11,14-18,20H2,1H3. The minimum Gasteiger partial charge on any atom is -0.337 e. The number of hydrogen-bond acceptors (Lipinski definition) is 4. The van der Waals surface area contributed by atoms with Gasteiger partial charge >= 0.3 is 0 Å². The van der Waals surface area contributed by atoms with Gasteiger partial charge in [0.1, 0.15) is 0 Å². The Morgan fingerprint density at radius 1 is 0.906 bits per heavy atom. The molecule has 1 aromatic carbocycles. The zero-order valence-corrected chi connectivity index (χ0v) is 20.4. The molecule has 2 saturated heterocycles. The van der Waals surface area contributed by atoms with Gasteiger partial charge in [0, 0.05) is 44.3 Å². The second-order valence-electron chi connectivity index (χ2n) is 9.94. The predicted molar refractivity (Wildman–Crippen MR) is 127 cm³/mol. The molecule has 3 fully saturated rings. The molecule has 0 radical (unpaired) electrons. The maximum absolute atomic E-state index is 13.3. The monoisotopic (exact) mass is 461 g/mol. The predicted octanol–water partition coefficient (Wildman–Crippen LogP) is 3.98. The van der Waals surface area contributed by atoms with Crippen molar-refractivity contribution in [1.82, 2.24) is 14.1 Å². The van der Waals surface area contributed by atoms with Crippen LogP contribution in [0.5, 0.6) is 0 Å². The van der Waals surface area contributed by atoms with Gasteiger partial charge in [0.15, 0.2) is 0 Å². The normalized spacial score (nSPS) is 24.9. The molecule has 0 bridgehead atoms. The van der Waals surface area contributed by atoms with E-state index in [1.165, 1.54) is 32.1 Å². The van der Waals surface area contributed by atoms with Crippen LogP contribution in [0.4, 0.5) is 0 Å². The number of sulfonamides is 1. The van der Waals surface area contributed by atoms with Crippen molar-refractivity contribution < 1.29 is 13.2 Å². The second kappa shape index (κ2) is 10.7. The van der Waals surface area contributed by atoms with Gasteiger partial charge in [-0.25, -0.2) is 8.42 Å². The van der Waals surface area contributed by atoms with Gasteiger partial charge in [0.05, 0.1) is 4.90 Å². The summed E-state index contributed by atoms with van der Waals surface area (Å²) in [7, 11) is -3.58. The van der Waals surface area contributed by atoms with Crippen LogP contribution in [0, 0.1) is 5.92 Å². The molecule has 1 aromatic rings. The lowest BCUT2D eigenvalue weighted by molar-refractivity contribution is 0.0759. The average Bonchev–Trinajstić information content (AvgIpc) is 3.05. The minimum atomic E-state index is -3.58. The molecule has 178 valence electrons. The minimum absolute atomic E-state index is 0.00821. The molecule has 7 heteroatoms. The number of amides is 1. The van der Waals surface area contributed by atoms with Crippen molar-refractivity contribution in [2.24, 2.45) is 5.92 Å². The Morgan fingerprint density at radius 3 is 2.47 bits per heavy atom. The van der Waals surface area contributed by atoms with E-state index in [0.717, 1.165) is 57.8 Å². The van der Waals surface area contributed by atoms with Gasteiger partial charge in [-0.05, 0) is 69.7 Å². The third kappa shape index (κ3) is 5.54. The van der Waals surface area contributed by atoms with E-state index >= 15 is 0 Å².